The van der Waals surface area contributed by atoms with Crippen LogP contribution in [0.1, 0.15) is 36.8 Å². The molecule has 2 heterocycles. The van der Waals surface area contributed by atoms with Gasteiger partial charge >= 0.3 is 0 Å². The van der Waals surface area contributed by atoms with Crippen molar-refractivity contribution in [3.05, 3.63) is 65.7 Å². The Labute approximate surface area is 169 Å². The maximum absolute atomic E-state index is 13.5. The zero-order valence-corrected chi connectivity index (χ0v) is 17.1. The minimum absolute atomic E-state index is 0.00779. The highest BCUT2D eigenvalue weighted by atomic mass is 32.2. The van der Waals surface area contributed by atoms with E-state index in [9.17, 15) is 4.21 Å². The summed E-state index contributed by atoms with van der Waals surface area (Å²) in [6.07, 6.45) is 3.73. The normalized spacial score (nSPS) is 28.5. The quantitative estimate of drug-likeness (QED) is 0.731. The van der Waals surface area contributed by atoms with Gasteiger partial charge in [0.2, 0.25) is 0 Å². The Morgan fingerprint density at radius 2 is 1.61 bits per heavy atom. The second kappa shape index (κ2) is 7.06. The van der Waals surface area contributed by atoms with E-state index < -0.39 is 10.8 Å². The van der Waals surface area contributed by atoms with E-state index in [2.05, 4.69) is 48.2 Å². The van der Waals surface area contributed by atoms with Gasteiger partial charge in [-0.3, -0.25) is 9.11 Å². The third-order valence-corrected chi connectivity index (χ3v) is 8.43. The molecule has 5 rings (SSSR count). The molecule has 0 aromatic heterocycles. The second-order valence-electron chi connectivity index (χ2n) is 8.29. The first-order chi connectivity index (χ1) is 13.6. The summed E-state index contributed by atoms with van der Waals surface area (Å²) in [5.74, 6) is -0.387. The van der Waals surface area contributed by atoms with Crippen molar-refractivity contribution < 1.29 is 13.7 Å². The Bertz CT molecular complexity index is 851. The number of nitrogens with zero attached hydrogens (tertiary/aromatic N) is 1. The Hall–Kier alpha value is -1.53. The Morgan fingerprint density at radius 3 is 2.25 bits per heavy atom. The van der Waals surface area contributed by atoms with Crippen molar-refractivity contribution in [3.63, 3.8) is 0 Å². The summed E-state index contributed by atoms with van der Waals surface area (Å²) in [6.45, 7) is 4.30. The van der Waals surface area contributed by atoms with Crippen LogP contribution in [0, 0.1) is 6.92 Å². The number of hydrogen-bond donors (Lipinski definition) is 0. The van der Waals surface area contributed by atoms with Gasteiger partial charge in [0.05, 0.1) is 29.6 Å². The molecule has 2 aromatic rings. The van der Waals surface area contributed by atoms with Gasteiger partial charge in [-0.1, -0.05) is 48.0 Å². The average molecular weight is 398 g/mol. The zero-order chi connectivity index (χ0) is 19.2. The lowest BCUT2D eigenvalue weighted by atomic mass is 9.84. The molecule has 3 atom stereocenters. The van der Waals surface area contributed by atoms with E-state index in [-0.39, 0.29) is 16.7 Å². The fraction of sp³-hybridized carbons (Fsp3) is 0.478. The molecule has 0 radical (unpaired) electrons. The van der Waals surface area contributed by atoms with Crippen LogP contribution in [-0.4, -0.2) is 39.0 Å². The summed E-state index contributed by atoms with van der Waals surface area (Å²) in [5.41, 5.74) is 2.47. The zero-order valence-electron chi connectivity index (χ0n) is 16.3. The van der Waals surface area contributed by atoms with Crippen LogP contribution in [-0.2, 0) is 26.8 Å². The maximum atomic E-state index is 13.5. The highest BCUT2D eigenvalue weighted by molar-refractivity contribution is 7.86. The summed E-state index contributed by atoms with van der Waals surface area (Å²) < 4.78 is 25.4. The third kappa shape index (κ3) is 3.14. The maximum Gasteiger partial charge on any atom is 0.168 e. The Kier molecular flexibility index (Phi) is 4.67. The molecule has 1 saturated carbocycles. The van der Waals surface area contributed by atoms with Gasteiger partial charge in [0, 0.05) is 24.3 Å². The Morgan fingerprint density at radius 1 is 0.964 bits per heavy atom. The molecule has 1 aliphatic carbocycles. The van der Waals surface area contributed by atoms with Crippen LogP contribution in [0.15, 0.2) is 59.5 Å². The first-order valence-corrected chi connectivity index (χ1v) is 11.4. The molecule has 3 unspecified atom stereocenters. The molecule has 0 bridgehead atoms. The first kappa shape index (κ1) is 18.5. The highest BCUT2D eigenvalue weighted by Gasteiger charge is 2.67. The number of rotatable bonds is 4. The smallest absolute Gasteiger partial charge is 0.168 e. The van der Waals surface area contributed by atoms with Crippen LogP contribution in [0.4, 0.5) is 0 Å². The van der Waals surface area contributed by atoms with Gasteiger partial charge < -0.3 is 9.47 Å². The molecule has 3 aliphatic rings. The monoisotopic (exact) mass is 397 g/mol. The van der Waals surface area contributed by atoms with Crippen molar-refractivity contribution in [1.82, 2.24) is 4.90 Å². The summed E-state index contributed by atoms with van der Waals surface area (Å²) in [7, 11) is -1.04. The van der Waals surface area contributed by atoms with Gasteiger partial charge in [-0.15, -0.1) is 0 Å². The minimum atomic E-state index is -1.04. The van der Waals surface area contributed by atoms with Crippen LogP contribution in [0.5, 0.6) is 0 Å². The largest absolute Gasteiger partial charge is 0.348 e. The van der Waals surface area contributed by atoms with Gasteiger partial charge in [0.25, 0.3) is 0 Å². The fourth-order valence-electron chi connectivity index (χ4n) is 4.92. The molecule has 0 N–H and O–H groups in total. The van der Waals surface area contributed by atoms with E-state index in [4.69, 9.17) is 9.47 Å². The molecular weight excluding hydrogens is 370 g/mol. The van der Waals surface area contributed by atoms with Crippen molar-refractivity contribution in [2.45, 2.75) is 60.7 Å². The minimum Gasteiger partial charge on any atom is -0.348 e. The lowest BCUT2D eigenvalue weighted by molar-refractivity contribution is -0.181. The molecule has 4 nitrogen and oxygen atoms in total. The summed E-state index contributed by atoms with van der Waals surface area (Å²) >= 11 is 0. The van der Waals surface area contributed by atoms with E-state index in [1.165, 1.54) is 11.1 Å². The molecule has 3 fully saturated rings. The van der Waals surface area contributed by atoms with Crippen molar-refractivity contribution in [3.8, 4) is 0 Å². The van der Waals surface area contributed by atoms with Crippen molar-refractivity contribution >= 4 is 10.8 Å². The third-order valence-electron chi connectivity index (χ3n) is 6.59. The van der Waals surface area contributed by atoms with Crippen LogP contribution >= 0.6 is 0 Å². The predicted octanol–water partition coefficient (Wildman–Crippen LogP) is 4.00. The number of aryl methyl sites for hydroxylation is 1. The topological polar surface area (TPSA) is 38.5 Å². The summed E-state index contributed by atoms with van der Waals surface area (Å²) in [6, 6.07) is 18.7. The van der Waals surface area contributed by atoms with Gasteiger partial charge in [0.1, 0.15) is 5.37 Å². The molecule has 5 heteroatoms. The molecular formula is C23H27NO3S. The van der Waals surface area contributed by atoms with Gasteiger partial charge in [0.15, 0.2) is 5.79 Å². The van der Waals surface area contributed by atoms with Crippen LogP contribution in [0.2, 0.25) is 0 Å². The number of benzene rings is 2. The van der Waals surface area contributed by atoms with E-state index in [1.54, 1.807) is 0 Å². The van der Waals surface area contributed by atoms with Crippen molar-refractivity contribution in [2.24, 2.45) is 0 Å². The van der Waals surface area contributed by atoms with Crippen molar-refractivity contribution in [2.75, 3.05) is 13.2 Å². The fourth-order valence-corrected chi connectivity index (χ4v) is 6.81. The van der Waals surface area contributed by atoms with Crippen LogP contribution < -0.4 is 0 Å². The van der Waals surface area contributed by atoms with Gasteiger partial charge in [-0.2, -0.15) is 0 Å². The molecule has 0 amide bonds. The van der Waals surface area contributed by atoms with E-state index >= 15 is 0 Å². The average Bonchev–Trinajstić information content (AvgIpc) is 3.07. The lowest BCUT2D eigenvalue weighted by Gasteiger charge is -2.36. The molecule has 2 aliphatic heterocycles. The number of hydrogen-bond acceptors (Lipinski definition) is 4. The summed E-state index contributed by atoms with van der Waals surface area (Å²) in [4.78, 5) is 3.39. The van der Waals surface area contributed by atoms with Gasteiger partial charge in [-0.05, 0) is 37.5 Å². The number of ether oxygens (including phenoxy) is 2. The predicted molar refractivity (Wildman–Crippen MR) is 109 cm³/mol. The van der Waals surface area contributed by atoms with E-state index in [0.717, 1.165) is 37.1 Å². The van der Waals surface area contributed by atoms with Crippen molar-refractivity contribution in [1.29, 1.82) is 0 Å². The Balaban J connectivity index is 1.40. The van der Waals surface area contributed by atoms with Crippen LogP contribution in [0.3, 0.4) is 0 Å². The molecule has 2 aromatic carbocycles. The molecule has 28 heavy (non-hydrogen) atoms. The highest BCUT2D eigenvalue weighted by Crippen LogP contribution is 2.57. The van der Waals surface area contributed by atoms with Gasteiger partial charge in [-0.25, -0.2) is 0 Å². The molecule has 2 saturated heterocycles. The molecule has 2 spiro atoms. The van der Waals surface area contributed by atoms with Crippen LogP contribution in [0.25, 0.3) is 0 Å². The molecule has 148 valence electrons. The lowest BCUT2D eigenvalue weighted by Crippen LogP contribution is -2.40. The van der Waals surface area contributed by atoms with E-state index in [0.29, 0.717) is 13.2 Å². The summed E-state index contributed by atoms with van der Waals surface area (Å²) in [5, 5.41) is 0.0640. The standard InChI is InChI=1S/C23H27NO3S/c1-18-7-9-20(10-8-18)28(25)21-22(24(21)17-19-5-3-2-4-6-19)11-13-23(14-12-22)26-15-16-27-23/h2-10,21H,11-17H2,1H3. The second-order valence-corrected chi connectivity index (χ2v) is 9.80. The van der Waals surface area contributed by atoms with E-state index in [1.807, 2.05) is 18.2 Å². The first-order valence-electron chi connectivity index (χ1n) is 10.2. The SMILES string of the molecule is Cc1ccc(S(=O)C2N(Cc3ccccc3)C23CCC2(CC3)OCCO2)cc1.